The van der Waals surface area contributed by atoms with Crippen LogP contribution in [0.2, 0.25) is 0 Å². The van der Waals surface area contributed by atoms with Gasteiger partial charge in [0.15, 0.2) is 0 Å². The van der Waals surface area contributed by atoms with Crippen LogP contribution in [0, 0.1) is 6.92 Å². The van der Waals surface area contributed by atoms with Crippen LogP contribution in [0.3, 0.4) is 0 Å². The fourth-order valence-electron chi connectivity index (χ4n) is 3.91. The van der Waals surface area contributed by atoms with Crippen LogP contribution in [0.1, 0.15) is 16.7 Å². The van der Waals surface area contributed by atoms with Crippen molar-refractivity contribution < 1.29 is 4.42 Å². The Morgan fingerprint density at radius 1 is 0.767 bits per heavy atom. The summed E-state index contributed by atoms with van der Waals surface area (Å²) in [5, 5.41) is 0.766. The van der Waals surface area contributed by atoms with Crippen molar-refractivity contribution in [2.75, 3.05) is 0 Å². The minimum atomic E-state index is -0.406. The van der Waals surface area contributed by atoms with E-state index < -0.39 is 5.56 Å². The summed E-state index contributed by atoms with van der Waals surface area (Å²) >= 11 is 0. The van der Waals surface area contributed by atoms with Crippen molar-refractivity contribution in [1.29, 1.82) is 0 Å². The van der Waals surface area contributed by atoms with E-state index in [0.717, 1.165) is 22.1 Å². The Kier molecular flexibility index (Phi) is 4.36. The van der Waals surface area contributed by atoms with Gasteiger partial charge in [0.25, 0.3) is 5.56 Å². The molecular formula is C25H20N2O3. The van der Waals surface area contributed by atoms with E-state index in [-0.39, 0.29) is 17.8 Å². The van der Waals surface area contributed by atoms with Crippen LogP contribution in [-0.4, -0.2) is 9.13 Å². The van der Waals surface area contributed by atoms with Gasteiger partial charge >= 0.3 is 5.69 Å². The number of rotatable bonds is 4. The van der Waals surface area contributed by atoms with Gasteiger partial charge in [-0.3, -0.25) is 13.9 Å². The number of aromatic nitrogens is 2. The molecule has 0 fully saturated rings. The number of hydrogen-bond acceptors (Lipinski definition) is 3. The Bertz CT molecular complexity index is 1490. The van der Waals surface area contributed by atoms with Crippen LogP contribution in [0.5, 0.6) is 0 Å². The normalized spacial score (nSPS) is 11.4. The summed E-state index contributed by atoms with van der Waals surface area (Å²) in [6.07, 6.45) is 0. The topological polar surface area (TPSA) is 57.1 Å². The maximum absolute atomic E-state index is 13.5. The summed E-state index contributed by atoms with van der Waals surface area (Å²) in [5.74, 6) is 0. The fourth-order valence-corrected chi connectivity index (χ4v) is 3.91. The van der Waals surface area contributed by atoms with E-state index in [0.29, 0.717) is 17.6 Å². The van der Waals surface area contributed by atoms with E-state index in [4.69, 9.17) is 4.42 Å². The zero-order valence-electron chi connectivity index (χ0n) is 16.5. The summed E-state index contributed by atoms with van der Waals surface area (Å²) in [5.41, 5.74) is 3.60. The van der Waals surface area contributed by atoms with Gasteiger partial charge in [-0.05, 0) is 35.7 Å². The van der Waals surface area contributed by atoms with E-state index in [2.05, 4.69) is 0 Å². The molecule has 0 radical (unpaired) electrons. The average Bonchev–Trinajstić information content (AvgIpc) is 3.16. The van der Waals surface area contributed by atoms with E-state index in [1.54, 1.807) is 4.57 Å². The van der Waals surface area contributed by atoms with Crippen molar-refractivity contribution >= 4 is 22.1 Å². The largest absolute Gasteiger partial charge is 0.449 e. The highest BCUT2D eigenvalue weighted by Crippen LogP contribution is 2.26. The molecule has 0 unspecified atom stereocenters. The molecule has 0 spiro atoms. The highest BCUT2D eigenvalue weighted by Gasteiger charge is 2.20. The molecule has 5 nitrogen and oxygen atoms in total. The Hall–Kier alpha value is -3.86. The smallest absolute Gasteiger partial charge is 0.332 e. The van der Waals surface area contributed by atoms with Crippen molar-refractivity contribution in [3.63, 3.8) is 0 Å². The molecule has 2 heterocycles. The second-order valence-electron chi connectivity index (χ2n) is 7.45. The lowest BCUT2D eigenvalue weighted by molar-refractivity contribution is 0.600. The molecule has 0 aliphatic carbocycles. The molecule has 0 aliphatic rings. The number of para-hydroxylation sites is 1. The van der Waals surface area contributed by atoms with Crippen LogP contribution >= 0.6 is 0 Å². The van der Waals surface area contributed by atoms with Crippen molar-refractivity contribution in [2.24, 2.45) is 0 Å². The molecule has 0 saturated heterocycles. The maximum atomic E-state index is 13.5. The second kappa shape index (κ2) is 7.19. The summed E-state index contributed by atoms with van der Waals surface area (Å²) < 4.78 is 8.85. The maximum Gasteiger partial charge on any atom is 0.332 e. The lowest BCUT2D eigenvalue weighted by Crippen LogP contribution is -2.40. The molecule has 30 heavy (non-hydrogen) atoms. The molecule has 0 bridgehead atoms. The van der Waals surface area contributed by atoms with Crippen molar-refractivity contribution in [1.82, 2.24) is 9.13 Å². The molecule has 5 rings (SSSR count). The quantitative estimate of drug-likeness (QED) is 0.455. The van der Waals surface area contributed by atoms with Gasteiger partial charge in [0.05, 0.1) is 13.1 Å². The number of aryl methyl sites for hydroxylation is 1. The number of nitrogens with zero attached hydrogens (tertiary/aromatic N) is 2. The fraction of sp³-hybridized carbons (Fsp3) is 0.120. The Morgan fingerprint density at radius 3 is 2.27 bits per heavy atom. The van der Waals surface area contributed by atoms with Crippen molar-refractivity contribution in [3.8, 4) is 0 Å². The SMILES string of the molecule is Cc1ccccc1Cn1c(=O)n(Cc2ccccc2)c(=O)c2oc3ccccc3c21. The summed E-state index contributed by atoms with van der Waals surface area (Å²) in [7, 11) is 0. The summed E-state index contributed by atoms with van der Waals surface area (Å²) in [4.78, 5) is 26.8. The minimum Gasteiger partial charge on any atom is -0.449 e. The van der Waals surface area contributed by atoms with Gasteiger partial charge in [0, 0.05) is 5.39 Å². The molecule has 148 valence electrons. The number of furan rings is 1. The number of fused-ring (bicyclic) bond motifs is 3. The van der Waals surface area contributed by atoms with Crippen LogP contribution < -0.4 is 11.2 Å². The van der Waals surface area contributed by atoms with E-state index >= 15 is 0 Å². The summed E-state index contributed by atoms with van der Waals surface area (Å²) in [6, 6.07) is 24.9. The van der Waals surface area contributed by atoms with E-state index in [1.807, 2.05) is 85.8 Å². The molecular weight excluding hydrogens is 376 g/mol. The predicted octanol–water partition coefficient (Wildman–Crippen LogP) is 4.31. The molecule has 3 aromatic carbocycles. The monoisotopic (exact) mass is 396 g/mol. The third kappa shape index (κ3) is 2.95. The van der Waals surface area contributed by atoms with Gasteiger partial charge < -0.3 is 4.42 Å². The van der Waals surface area contributed by atoms with Crippen LogP contribution in [0.4, 0.5) is 0 Å². The van der Waals surface area contributed by atoms with Gasteiger partial charge in [0.2, 0.25) is 5.58 Å². The lowest BCUT2D eigenvalue weighted by Gasteiger charge is -2.13. The number of hydrogen-bond donors (Lipinski definition) is 0. The van der Waals surface area contributed by atoms with Crippen LogP contribution in [-0.2, 0) is 13.1 Å². The molecule has 0 atom stereocenters. The van der Waals surface area contributed by atoms with E-state index in [1.165, 1.54) is 4.57 Å². The van der Waals surface area contributed by atoms with Gasteiger partial charge in [0.1, 0.15) is 11.1 Å². The highest BCUT2D eigenvalue weighted by atomic mass is 16.3. The Labute approximate surface area is 172 Å². The number of benzene rings is 3. The van der Waals surface area contributed by atoms with Crippen LogP contribution in [0.25, 0.3) is 22.1 Å². The standard InChI is InChI=1S/C25H20N2O3/c1-17-9-5-6-12-19(17)16-26-22-20-13-7-8-14-21(20)30-23(22)24(28)27(25(26)29)15-18-10-3-2-4-11-18/h2-14H,15-16H2,1H3. The Balaban J connectivity index is 1.82. The molecule has 0 saturated carbocycles. The third-order valence-electron chi connectivity index (χ3n) is 5.51. The predicted molar refractivity (Wildman–Crippen MR) is 118 cm³/mol. The zero-order chi connectivity index (χ0) is 20.7. The molecule has 5 aromatic rings. The average molecular weight is 396 g/mol. The lowest BCUT2D eigenvalue weighted by atomic mass is 10.1. The van der Waals surface area contributed by atoms with E-state index in [9.17, 15) is 9.59 Å². The molecule has 0 aliphatic heterocycles. The first-order valence-electron chi connectivity index (χ1n) is 9.87. The van der Waals surface area contributed by atoms with Gasteiger partial charge in [-0.15, -0.1) is 0 Å². The van der Waals surface area contributed by atoms with Gasteiger partial charge in [-0.1, -0.05) is 66.7 Å². The first-order chi connectivity index (χ1) is 14.6. The van der Waals surface area contributed by atoms with Crippen LogP contribution in [0.15, 0.2) is 92.9 Å². The molecule has 2 aromatic heterocycles. The van der Waals surface area contributed by atoms with Crippen molar-refractivity contribution in [2.45, 2.75) is 20.0 Å². The molecule has 0 N–H and O–H groups in total. The first kappa shape index (κ1) is 18.2. The Morgan fingerprint density at radius 2 is 1.47 bits per heavy atom. The van der Waals surface area contributed by atoms with Gasteiger partial charge in [-0.25, -0.2) is 4.79 Å². The van der Waals surface area contributed by atoms with Crippen molar-refractivity contribution in [3.05, 3.63) is 116 Å². The zero-order valence-corrected chi connectivity index (χ0v) is 16.5. The highest BCUT2D eigenvalue weighted by molar-refractivity contribution is 6.02. The first-order valence-corrected chi connectivity index (χ1v) is 9.87. The van der Waals surface area contributed by atoms with Gasteiger partial charge in [-0.2, -0.15) is 0 Å². The molecule has 0 amide bonds. The third-order valence-corrected chi connectivity index (χ3v) is 5.51. The summed E-state index contributed by atoms with van der Waals surface area (Å²) in [6.45, 7) is 2.57. The minimum absolute atomic E-state index is 0.194. The molecule has 5 heteroatoms. The second-order valence-corrected chi connectivity index (χ2v) is 7.45.